The average Bonchev–Trinajstić information content (AvgIpc) is 2.76. The SMILES string of the molecule is CNC(CCOc1cccc2cc(I)ccc12)c1ccc(F)cc1.O=C(O)C=CC(=O)O. The molecule has 0 aliphatic heterocycles. The Kier molecular flexibility index (Phi) is 10.1. The quantitative estimate of drug-likeness (QED) is 0.269. The summed E-state index contributed by atoms with van der Waals surface area (Å²) in [5.74, 6) is -1.83. The number of ether oxygens (including phenoxy) is 1. The summed E-state index contributed by atoms with van der Waals surface area (Å²) in [6.45, 7) is 0.591. The summed E-state index contributed by atoms with van der Waals surface area (Å²) in [4.78, 5) is 19.1. The van der Waals surface area contributed by atoms with Gasteiger partial charge in [-0.3, -0.25) is 0 Å². The van der Waals surface area contributed by atoms with Crippen LogP contribution in [0.15, 0.2) is 72.8 Å². The van der Waals surface area contributed by atoms with Gasteiger partial charge in [-0.2, -0.15) is 0 Å². The van der Waals surface area contributed by atoms with Crippen molar-refractivity contribution >= 4 is 45.3 Å². The van der Waals surface area contributed by atoms with E-state index >= 15 is 0 Å². The molecule has 0 aliphatic carbocycles. The lowest BCUT2D eigenvalue weighted by molar-refractivity contribution is -0.134. The molecule has 0 heterocycles. The lowest BCUT2D eigenvalue weighted by Crippen LogP contribution is -2.19. The molecule has 0 aliphatic rings. The lowest BCUT2D eigenvalue weighted by Gasteiger charge is -2.17. The zero-order chi connectivity index (χ0) is 23.5. The van der Waals surface area contributed by atoms with Crippen LogP contribution in [0.2, 0.25) is 0 Å². The van der Waals surface area contributed by atoms with Crippen LogP contribution in [0.3, 0.4) is 0 Å². The molecule has 168 valence electrons. The maximum atomic E-state index is 13.1. The normalized spacial score (nSPS) is 11.6. The first-order chi connectivity index (χ1) is 15.3. The number of aliphatic carboxylic acids is 2. The van der Waals surface area contributed by atoms with Gasteiger partial charge in [-0.1, -0.05) is 24.3 Å². The number of hydrogen-bond acceptors (Lipinski definition) is 4. The third-order valence-electron chi connectivity index (χ3n) is 4.46. The summed E-state index contributed by atoms with van der Waals surface area (Å²) < 4.78 is 20.3. The number of nitrogens with one attached hydrogen (secondary N) is 1. The molecular formula is C24H23FINO5. The van der Waals surface area contributed by atoms with Gasteiger partial charge in [0, 0.05) is 33.6 Å². The van der Waals surface area contributed by atoms with Gasteiger partial charge < -0.3 is 20.3 Å². The fourth-order valence-electron chi connectivity index (χ4n) is 2.95. The standard InChI is InChI=1S/C20H19FINO.C4H4O4/c1-23-19(14-5-7-16(21)8-6-14)11-12-24-20-4-2-3-15-13-17(22)9-10-18(15)20;5-3(6)1-2-4(7)8/h2-10,13,19,23H,11-12H2,1H3;1-2H,(H,5,6)(H,7,8). The van der Waals surface area contributed by atoms with E-state index in [4.69, 9.17) is 14.9 Å². The third-order valence-corrected chi connectivity index (χ3v) is 5.13. The number of hydrogen-bond donors (Lipinski definition) is 3. The molecule has 6 nitrogen and oxygen atoms in total. The molecule has 0 bridgehead atoms. The second-order valence-electron chi connectivity index (χ2n) is 6.66. The van der Waals surface area contributed by atoms with Gasteiger partial charge in [0.15, 0.2) is 0 Å². The van der Waals surface area contributed by atoms with E-state index in [1.807, 2.05) is 31.3 Å². The highest BCUT2D eigenvalue weighted by atomic mass is 127. The molecule has 1 unspecified atom stereocenters. The zero-order valence-corrected chi connectivity index (χ0v) is 19.5. The highest BCUT2D eigenvalue weighted by molar-refractivity contribution is 14.1. The van der Waals surface area contributed by atoms with Crippen molar-refractivity contribution in [1.82, 2.24) is 5.32 Å². The summed E-state index contributed by atoms with van der Waals surface area (Å²) in [6.07, 6.45) is 1.92. The lowest BCUT2D eigenvalue weighted by atomic mass is 10.0. The van der Waals surface area contributed by atoms with Crippen molar-refractivity contribution in [3.05, 3.63) is 87.8 Å². The van der Waals surface area contributed by atoms with E-state index in [1.54, 1.807) is 0 Å². The van der Waals surface area contributed by atoms with Crippen LogP contribution in [0.4, 0.5) is 4.39 Å². The number of fused-ring (bicyclic) bond motifs is 1. The highest BCUT2D eigenvalue weighted by Gasteiger charge is 2.10. The summed E-state index contributed by atoms with van der Waals surface area (Å²) in [5, 5.41) is 21.2. The molecule has 3 rings (SSSR count). The first kappa shape index (κ1) is 25.3. The molecule has 32 heavy (non-hydrogen) atoms. The van der Waals surface area contributed by atoms with Gasteiger partial charge in [-0.15, -0.1) is 0 Å². The predicted molar refractivity (Wildman–Crippen MR) is 129 cm³/mol. The Morgan fingerprint density at radius 3 is 2.31 bits per heavy atom. The number of rotatable bonds is 8. The van der Waals surface area contributed by atoms with Gasteiger partial charge >= 0.3 is 11.9 Å². The minimum absolute atomic E-state index is 0.140. The fourth-order valence-corrected chi connectivity index (χ4v) is 3.47. The van der Waals surface area contributed by atoms with Crippen LogP contribution in [-0.2, 0) is 9.59 Å². The molecular weight excluding hydrogens is 528 g/mol. The summed E-state index contributed by atoms with van der Waals surface area (Å²) in [5.41, 5.74) is 1.06. The number of carboxylic acids is 2. The Morgan fingerprint density at radius 2 is 1.72 bits per heavy atom. The molecule has 0 radical (unpaired) electrons. The zero-order valence-electron chi connectivity index (χ0n) is 17.3. The highest BCUT2D eigenvalue weighted by Crippen LogP contribution is 2.27. The van der Waals surface area contributed by atoms with Gasteiger partial charge in [0.1, 0.15) is 11.6 Å². The second kappa shape index (κ2) is 12.8. The predicted octanol–water partition coefficient (Wildman–Crippen LogP) is 5.02. The van der Waals surface area contributed by atoms with E-state index in [9.17, 15) is 14.0 Å². The van der Waals surface area contributed by atoms with Crippen molar-refractivity contribution in [2.75, 3.05) is 13.7 Å². The van der Waals surface area contributed by atoms with Gasteiger partial charge in [-0.25, -0.2) is 14.0 Å². The average molecular weight is 551 g/mol. The fraction of sp³-hybridized carbons (Fsp3) is 0.167. The Hall–Kier alpha value is -2.98. The van der Waals surface area contributed by atoms with E-state index in [0.717, 1.165) is 23.1 Å². The maximum absolute atomic E-state index is 13.1. The third kappa shape index (κ3) is 8.27. The molecule has 8 heteroatoms. The van der Waals surface area contributed by atoms with Crippen LogP contribution in [0.5, 0.6) is 5.75 Å². The van der Waals surface area contributed by atoms with Crippen LogP contribution in [-0.4, -0.2) is 35.8 Å². The van der Waals surface area contributed by atoms with Crippen LogP contribution >= 0.6 is 22.6 Å². The van der Waals surface area contributed by atoms with Crippen molar-refractivity contribution in [2.45, 2.75) is 12.5 Å². The summed E-state index contributed by atoms with van der Waals surface area (Å²) in [6, 6.07) is 19.2. The van der Waals surface area contributed by atoms with Gasteiger partial charge in [0.2, 0.25) is 0 Å². The van der Waals surface area contributed by atoms with Crippen LogP contribution in [0.25, 0.3) is 10.8 Å². The largest absolute Gasteiger partial charge is 0.493 e. The number of halogens is 2. The van der Waals surface area contributed by atoms with E-state index in [2.05, 4.69) is 52.2 Å². The maximum Gasteiger partial charge on any atom is 0.328 e. The minimum atomic E-state index is -1.26. The minimum Gasteiger partial charge on any atom is -0.493 e. The summed E-state index contributed by atoms with van der Waals surface area (Å²) >= 11 is 2.31. The first-order valence-corrected chi connectivity index (χ1v) is 10.8. The second-order valence-corrected chi connectivity index (χ2v) is 7.91. The van der Waals surface area contributed by atoms with E-state index < -0.39 is 11.9 Å². The van der Waals surface area contributed by atoms with Crippen molar-refractivity contribution < 1.29 is 28.9 Å². The molecule has 0 fully saturated rings. The van der Waals surface area contributed by atoms with E-state index in [-0.39, 0.29) is 11.9 Å². The Balaban J connectivity index is 0.000000390. The number of carbonyl (C=O) groups is 2. The number of carboxylic acid groups (broad SMARTS) is 2. The monoisotopic (exact) mass is 551 g/mol. The molecule has 0 amide bonds. The topological polar surface area (TPSA) is 95.9 Å². The molecule has 0 saturated heterocycles. The van der Waals surface area contributed by atoms with E-state index in [1.165, 1.54) is 21.1 Å². The smallest absolute Gasteiger partial charge is 0.328 e. The van der Waals surface area contributed by atoms with Crippen LogP contribution < -0.4 is 10.1 Å². The Morgan fingerprint density at radius 1 is 1.06 bits per heavy atom. The van der Waals surface area contributed by atoms with Crippen molar-refractivity contribution in [3.8, 4) is 5.75 Å². The first-order valence-electron chi connectivity index (χ1n) is 9.68. The number of benzene rings is 3. The molecule has 0 saturated carbocycles. The summed E-state index contributed by atoms with van der Waals surface area (Å²) in [7, 11) is 1.91. The molecule has 3 aromatic rings. The molecule has 0 spiro atoms. The van der Waals surface area contributed by atoms with Crippen LogP contribution in [0, 0.1) is 9.39 Å². The van der Waals surface area contributed by atoms with Crippen molar-refractivity contribution in [3.63, 3.8) is 0 Å². The Labute approximate surface area is 198 Å². The van der Waals surface area contributed by atoms with Gasteiger partial charge in [0.25, 0.3) is 0 Å². The Bertz CT molecular complexity index is 1070. The van der Waals surface area contributed by atoms with Gasteiger partial charge in [0.05, 0.1) is 6.61 Å². The van der Waals surface area contributed by atoms with Crippen molar-refractivity contribution in [1.29, 1.82) is 0 Å². The molecule has 0 aromatic heterocycles. The molecule has 3 aromatic carbocycles. The molecule has 1 atom stereocenters. The van der Waals surface area contributed by atoms with E-state index in [0.29, 0.717) is 18.8 Å². The van der Waals surface area contributed by atoms with Gasteiger partial charge in [-0.05, 0) is 77.0 Å². The van der Waals surface area contributed by atoms with Crippen LogP contribution in [0.1, 0.15) is 18.0 Å². The van der Waals surface area contributed by atoms with Crippen molar-refractivity contribution in [2.24, 2.45) is 0 Å². The molecule has 3 N–H and O–H groups in total.